The molecule has 1 aliphatic carbocycles. The molecule has 0 saturated heterocycles. The minimum absolute atomic E-state index is 0. The fraction of sp³-hybridized carbons (Fsp3) is 0.364. The van der Waals surface area contributed by atoms with Gasteiger partial charge >= 0.3 is 0 Å². The van der Waals surface area contributed by atoms with Crippen molar-refractivity contribution >= 4 is 35.3 Å². The van der Waals surface area contributed by atoms with E-state index in [9.17, 15) is 9.59 Å². The van der Waals surface area contributed by atoms with E-state index >= 15 is 0 Å². The Morgan fingerprint density at radius 3 is 1.42 bits per heavy atom. The Morgan fingerprint density at radius 2 is 1.03 bits per heavy atom. The first-order chi connectivity index (χ1) is 14.7. The summed E-state index contributed by atoms with van der Waals surface area (Å²) in [4.78, 5) is 26.5. The average molecular weight is 449 g/mol. The molecule has 0 atom stereocenters. The molecule has 0 fully saturated rings. The molecule has 9 heteroatoms. The van der Waals surface area contributed by atoms with Gasteiger partial charge in [-0.15, -0.1) is 12.4 Å². The second-order valence-corrected chi connectivity index (χ2v) is 6.92. The molecule has 0 aromatic heterocycles. The molecule has 0 radical (unpaired) electrons. The number of anilines is 2. The molecule has 0 unspecified atom stereocenters. The lowest BCUT2D eigenvalue weighted by molar-refractivity contribution is 0.0980. The molecule has 0 bridgehead atoms. The highest BCUT2D eigenvalue weighted by atomic mass is 35.5. The maximum absolute atomic E-state index is 13.3. The Balaban J connectivity index is 0.00000341. The molecule has 31 heavy (non-hydrogen) atoms. The van der Waals surface area contributed by atoms with Crippen LogP contribution in [0.3, 0.4) is 0 Å². The summed E-state index contributed by atoms with van der Waals surface area (Å²) < 4.78 is 0. The third-order valence-electron chi connectivity index (χ3n) is 4.89. The third kappa shape index (κ3) is 5.81. The molecule has 168 valence electrons. The van der Waals surface area contributed by atoms with Crippen LogP contribution in [-0.4, -0.2) is 74.3 Å². The van der Waals surface area contributed by atoms with Gasteiger partial charge in [0.15, 0.2) is 11.6 Å². The summed E-state index contributed by atoms with van der Waals surface area (Å²) in [5, 5.41) is 30.3. The largest absolute Gasteiger partial charge is 0.395 e. The van der Waals surface area contributed by atoms with E-state index in [4.69, 9.17) is 10.2 Å². The Bertz CT molecular complexity index is 835. The van der Waals surface area contributed by atoms with Crippen LogP contribution < -0.4 is 21.3 Å². The number of hydrogen-bond acceptors (Lipinski definition) is 8. The van der Waals surface area contributed by atoms with Crippen molar-refractivity contribution < 1.29 is 19.8 Å². The third-order valence-corrected chi connectivity index (χ3v) is 4.89. The summed E-state index contributed by atoms with van der Waals surface area (Å²) in [5.41, 5.74) is 2.83. The van der Waals surface area contributed by atoms with Gasteiger partial charge in [-0.05, 0) is 12.1 Å². The Kier molecular flexibility index (Phi) is 9.90. The number of carbonyl (C=O) groups is 2. The standard InChI is InChI=1S/C22H28N4O4.ClH/c27-13-11-23-7-9-25-17-5-6-18(26-10-8-24-12-14-28)20-19(17)21(29)15-3-1-2-4-16(15)22(20)30;/h1-6,23-28H,7-14H2;1H. The van der Waals surface area contributed by atoms with Crippen LogP contribution >= 0.6 is 12.4 Å². The van der Waals surface area contributed by atoms with E-state index in [1.54, 1.807) is 24.3 Å². The normalized spacial score (nSPS) is 12.1. The van der Waals surface area contributed by atoms with Gasteiger partial charge in [-0.1, -0.05) is 24.3 Å². The van der Waals surface area contributed by atoms with Crippen molar-refractivity contribution in [2.45, 2.75) is 0 Å². The van der Waals surface area contributed by atoms with Crippen molar-refractivity contribution in [3.63, 3.8) is 0 Å². The summed E-state index contributed by atoms with van der Waals surface area (Å²) in [7, 11) is 0. The number of benzene rings is 2. The topological polar surface area (TPSA) is 123 Å². The lowest BCUT2D eigenvalue weighted by Crippen LogP contribution is -2.28. The van der Waals surface area contributed by atoms with Crippen LogP contribution in [-0.2, 0) is 0 Å². The summed E-state index contributed by atoms with van der Waals surface area (Å²) in [6, 6.07) is 10.5. The van der Waals surface area contributed by atoms with Gasteiger partial charge in [0.25, 0.3) is 0 Å². The second kappa shape index (κ2) is 12.4. The Labute approximate surface area is 187 Å². The fourth-order valence-electron chi connectivity index (χ4n) is 3.50. The zero-order valence-corrected chi connectivity index (χ0v) is 18.1. The van der Waals surface area contributed by atoms with E-state index in [2.05, 4.69) is 21.3 Å². The smallest absolute Gasteiger partial charge is 0.196 e. The molecular weight excluding hydrogens is 420 g/mol. The summed E-state index contributed by atoms with van der Waals surface area (Å²) in [6.45, 7) is 3.45. The first kappa shape index (κ1) is 24.8. The minimum atomic E-state index is -0.173. The SMILES string of the molecule is Cl.O=C1c2ccccc2C(=O)c2c(NCCNCCO)ccc(NCCNCCO)c21. The van der Waals surface area contributed by atoms with E-state index in [0.29, 0.717) is 72.9 Å². The first-order valence-corrected chi connectivity index (χ1v) is 10.2. The van der Waals surface area contributed by atoms with E-state index in [0.717, 1.165) is 0 Å². The van der Waals surface area contributed by atoms with Crippen molar-refractivity contribution in [3.8, 4) is 0 Å². The van der Waals surface area contributed by atoms with Crippen molar-refractivity contribution in [2.24, 2.45) is 0 Å². The average Bonchev–Trinajstić information content (AvgIpc) is 2.77. The molecule has 3 rings (SSSR count). The molecule has 0 saturated carbocycles. The van der Waals surface area contributed by atoms with E-state index in [1.165, 1.54) is 0 Å². The minimum Gasteiger partial charge on any atom is -0.395 e. The van der Waals surface area contributed by atoms with Crippen LogP contribution in [0.25, 0.3) is 0 Å². The number of fused-ring (bicyclic) bond motifs is 2. The number of halogens is 1. The first-order valence-electron chi connectivity index (χ1n) is 10.2. The summed E-state index contributed by atoms with van der Waals surface area (Å²) in [6.07, 6.45) is 0. The number of rotatable bonds is 12. The molecule has 0 spiro atoms. The van der Waals surface area contributed by atoms with Gasteiger partial charge in [-0.25, -0.2) is 0 Å². The summed E-state index contributed by atoms with van der Waals surface area (Å²) >= 11 is 0. The zero-order valence-electron chi connectivity index (χ0n) is 17.2. The molecule has 1 aliphatic rings. The van der Waals surface area contributed by atoms with Gasteiger partial charge in [0, 0.05) is 61.8 Å². The number of nitrogens with one attached hydrogen (secondary N) is 4. The molecule has 2 aromatic rings. The van der Waals surface area contributed by atoms with Crippen LogP contribution in [0.15, 0.2) is 36.4 Å². The lowest BCUT2D eigenvalue weighted by Gasteiger charge is -2.24. The number of aliphatic hydroxyl groups excluding tert-OH is 2. The Hall–Kier alpha value is -2.49. The maximum atomic E-state index is 13.3. The summed E-state index contributed by atoms with van der Waals surface area (Å²) in [5.74, 6) is -0.346. The van der Waals surface area contributed by atoms with Gasteiger partial charge in [-0.3, -0.25) is 9.59 Å². The monoisotopic (exact) mass is 448 g/mol. The van der Waals surface area contributed by atoms with Crippen molar-refractivity contribution in [1.82, 2.24) is 10.6 Å². The van der Waals surface area contributed by atoms with Crippen molar-refractivity contribution in [2.75, 3.05) is 63.1 Å². The van der Waals surface area contributed by atoms with Crippen LogP contribution in [0.1, 0.15) is 31.8 Å². The van der Waals surface area contributed by atoms with E-state index < -0.39 is 0 Å². The molecule has 0 heterocycles. The van der Waals surface area contributed by atoms with Gasteiger partial charge in [0.1, 0.15) is 0 Å². The molecule has 8 nitrogen and oxygen atoms in total. The van der Waals surface area contributed by atoms with Gasteiger partial charge < -0.3 is 31.5 Å². The zero-order chi connectivity index (χ0) is 21.3. The highest BCUT2D eigenvalue weighted by Crippen LogP contribution is 2.36. The Morgan fingerprint density at radius 1 is 0.613 bits per heavy atom. The number of ketones is 2. The van der Waals surface area contributed by atoms with Crippen LogP contribution in [0.5, 0.6) is 0 Å². The fourth-order valence-corrected chi connectivity index (χ4v) is 3.50. The van der Waals surface area contributed by atoms with E-state index in [-0.39, 0.29) is 37.2 Å². The van der Waals surface area contributed by atoms with Gasteiger partial charge in [0.2, 0.25) is 0 Å². The number of hydrogen-bond donors (Lipinski definition) is 6. The van der Waals surface area contributed by atoms with Gasteiger partial charge in [-0.2, -0.15) is 0 Å². The predicted molar refractivity (Wildman–Crippen MR) is 124 cm³/mol. The lowest BCUT2D eigenvalue weighted by atomic mass is 9.82. The molecule has 2 aromatic carbocycles. The highest BCUT2D eigenvalue weighted by Gasteiger charge is 2.33. The van der Waals surface area contributed by atoms with E-state index in [1.807, 2.05) is 12.1 Å². The molecule has 6 N–H and O–H groups in total. The highest BCUT2D eigenvalue weighted by molar-refractivity contribution is 6.31. The second-order valence-electron chi connectivity index (χ2n) is 6.92. The van der Waals surface area contributed by atoms with Crippen LogP contribution in [0.2, 0.25) is 0 Å². The van der Waals surface area contributed by atoms with Crippen molar-refractivity contribution in [3.05, 3.63) is 58.7 Å². The predicted octanol–water partition coefficient (Wildman–Crippen LogP) is 0.871. The molecular formula is C22H29ClN4O4. The van der Waals surface area contributed by atoms with Crippen LogP contribution in [0, 0.1) is 0 Å². The molecule has 0 amide bonds. The van der Waals surface area contributed by atoms with Crippen LogP contribution in [0.4, 0.5) is 11.4 Å². The molecule has 0 aliphatic heterocycles. The number of carbonyl (C=O) groups excluding carboxylic acids is 2. The number of aliphatic hydroxyl groups is 2. The van der Waals surface area contributed by atoms with Crippen molar-refractivity contribution in [1.29, 1.82) is 0 Å². The maximum Gasteiger partial charge on any atom is 0.196 e. The van der Waals surface area contributed by atoms with Gasteiger partial charge in [0.05, 0.1) is 24.3 Å². The quantitative estimate of drug-likeness (QED) is 0.226.